The molecule has 1 fully saturated rings. The Bertz CT molecular complexity index is 1270. The van der Waals surface area contributed by atoms with Gasteiger partial charge in [0.1, 0.15) is 12.1 Å². The zero-order chi connectivity index (χ0) is 28.4. The Hall–Kier alpha value is -1.95. The van der Waals surface area contributed by atoms with E-state index in [4.69, 9.17) is 13.3 Å². The lowest BCUT2D eigenvalue weighted by molar-refractivity contribution is -0.143. The van der Waals surface area contributed by atoms with Crippen molar-refractivity contribution < 1.29 is 23.2 Å². The molecule has 2 aromatic rings. The minimum Gasteiger partial charge on any atom is -0.414 e. The molecule has 0 radical (unpaired) electrons. The highest BCUT2D eigenvalue weighted by Crippen LogP contribution is 2.58. The lowest BCUT2D eigenvalue weighted by Crippen LogP contribution is -2.62. The Morgan fingerprint density at radius 2 is 1.71 bits per heavy atom. The Morgan fingerprint density at radius 3 is 2.24 bits per heavy atom. The first kappa shape index (κ1) is 29.0. The number of hydrogen-bond acceptors (Lipinski definition) is 9. The molecule has 2 aliphatic heterocycles. The van der Waals surface area contributed by atoms with Gasteiger partial charge in [-0.1, -0.05) is 60.6 Å². The average Bonchev–Trinajstić information content (AvgIpc) is 3.50. The molecule has 0 aromatic carbocycles. The van der Waals surface area contributed by atoms with E-state index in [2.05, 4.69) is 15.3 Å². The molecule has 3 N–H and O–H groups in total. The van der Waals surface area contributed by atoms with Crippen molar-refractivity contribution >= 4 is 17.1 Å². The van der Waals surface area contributed by atoms with Crippen LogP contribution in [0.2, 0.25) is 22.2 Å². The lowest BCUT2D eigenvalue weighted by Gasteiger charge is -2.47. The van der Waals surface area contributed by atoms with Gasteiger partial charge in [0.2, 0.25) is 0 Å². The summed E-state index contributed by atoms with van der Waals surface area (Å²) in [7, 11) is -6.50. The molecule has 1 saturated heterocycles. The number of hydrogen-bond donors (Lipinski definition) is 3. The Morgan fingerprint density at radius 1 is 1.11 bits per heavy atom. The molecule has 12 nitrogen and oxygen atoms in total. The molecule has 1 unspecified atom stereocenters. The zero-order valence-corrected chi connectivity index (χ0v) is 25.6. The summed E-state index contributed by atoms with van der Waals surface area (Å²) < 4.78 is 23.5. The summed E-state index contributed by atoms with van der Waals surface area (Å²) in [5.74, 6) is 0. The molecule has 14 heteroatoms. The smallest absolute Gasteiger partial charge is 0.335 e. The number of fused-ring (bicyclic) bond motifs is 5. The van der Waals surface area contributed by atoms with Gasteiger partial charge in [-0.15, -0.1) is 5.10 Å². The first-order valence-corrected chi connectivity index (χ1v) is 17.3. The third-order valence-electron chi connectivity index (χ3n) is 8.24. The van der Waals surface area contributed by atoms with Crippen LogP contribution in [-0.4, -0.2) is 64.3 Å². The van der Waals surface area contributed by atoms with E-state index in [9.17, 15) is 19.5 Å². The second-order valence-corrected chi connectivity index (χ2v) is 20.4. The number of ether oxygens (including phenoxy) is 1. The van der Waals surface area contributed by atoms with Gasteiger partial charge in [0.05, 0.1) is 18.5 Å². The van der Waals surface area contributed by atoms with Gasteiger partial charge in [0.25, 0.3) is 5.56 Å². The van der Waals surface area contributed by atoms with E-state index in [1.807, 2.05) is 55.4 Å². The highest BCUT2D eigenvalue weighted by atomic mass is 28.5. The quantitative estimate of drug-likeness (QED) is 0.367. The monoisotopic (exact) mass is 567 g/mol. The van der Waals surface area contributed by atoms with Crippen LogP contribution in [0.15, 0.2) is 22.0 Å². The van der Waals surface area contributed by atoms with Gasteiger partial charge in [-0.25, -0.2) is 9.48 Å². The fourth-order valence-corrected chi connectivity index (χ4v) is 15.9. The van der Waals surface area contributed by atoms with E-state index in [0.29, 0.717) is 11.3 Å². The number of nitrogens with zero attached hydrogens (tertiary/aromatic N) is 4. The van der Waals surface area contributed by atoms with E-state index in [0.717, 1.165) is 0 Å². The van der Waals surface area contributed by atoms with Crippen LogP contribution >= 0.6 is 0 Å². The predicted molar refractivity (Wildman–Crippen MR) is 144 cm³/mol. The molecule has 2 aliphatic rings. The van der Waals surface area contributed by atoms with Crippen LogP contribution in [0.5, 0.6) is 0 Å². The Balaban J connectivity index is 1.87. The largest absolute Gasteiger partial charge is 0.414 e. The van der Waals surface area contributed by atoms with Crippen molar-refractivity contribution in [2.45, 2.75) is 108 Å². The Labute approximate surface area is 224 Å². The fraction of sp³-hybridized carbons (Fsp3) is 0.750. The molecule has 212 valence electrons. The maximum atomic E-state index is 12.9. The van der Waals surface area contributed by atoms with E-state index in [-0.39, 0.29) is 22.2 Å². The topological polar surface area (TPSA) is 154 Å². The summed E-state index contributed by atoms with van der Waals surface area (Å²) in [6.45, 7) is 17.2. The number of nitrogens with one attached hydrogen (secondary N) is 1. The molecule has 2 bridgehead atoms. The van der Waals surface area contributed by atoms with Crippen molar-refractivity contribution in [3.05, 3.63) is 44.5 Å². The van der Waals surface area contributed by atoms with Crippen LogP contribution in [-0.2, 0) is 18.9 Å². The van der Waals surface area contributed by atoms with Crippen LogP contribution in [0.1, 0.15) is 78.9 Å². The van der Waals surface area contributed by atoms with E-state index >= 15 is 0 Å². The van der Waals surface area contributed by atoms with Gasteiger partial charge in [0.15, 0.2) is 11.8 Å². The number of H-pyrrole nitrogens is 1. The minimum atomic E-state index is -3.26. The summed E-state index contributed by atoms with van der Waals surface area (Å²) in [6.07, 6.45) is 1.27. The third-order valence-corrected chi connectivity index (χ3v) is 18.0. The molecule has 4 atom stereocenters. The lowest BCUT2D eigenvalue weighted by atomic mass is 9.97. The maximum absolute atomic E-state index is 12.9. The maximum Gasteiger partial charge on any atom is 0.335 e. The molecular weight excluding hydrogens is 526 g/mol. The van der Waals surface area contributed by atoms with E-state index < -0.39 is 59.0 Å². The molecule has 38 heavy (non-hydrogen) atoms. The SMILES string of the molecule is Cc1cn([C@@H]2O[C@@]3(CO)c4cnnn4[C@H]2C3O[Si](O[Si](O)(C(C)C)C(C)C)(C(C)C)C(C)C)c(=O)[nH]c1=O. The van der Waals surface area contributed by atoms with Crippen LogP contribution in [0.4, 0.5) is 0 Å². The second-order valence-electron chi connectivity index (χ2n) is 11.8. The molecule has 0 saturated carbocycles. The standard InChI is InChI=1S/C24H41N5O7Si2/c1-13(2)37(33,14(3)4)36-38(15(5)6,16(7)8)35-20-19-22(28-11-17(9)21(31)26-23(28)32)34-24(20,12-30)18-10-25-27-29(18)19/h10-11,13-16,19-20,22,30,33H,12H2,1-9H3,(H,26,31,32)/t19-,20?,22+,24-/m0/s1. The number of aliphatic hydroxyl groups is 1. The van der Waals surface area contributed by atoms with Crippen molar-refractivity contribution in [2.24, 2.45) is 0 Å². The highest BCUT2D eigenvalue weighted by molar-refractivity contribution is 6.83. The molecule has 2 aromatic heterocycles. The highest BCUT2D eigenvalue weighted by Gasteiger charge is 2.69. The number of aliphatic hydroxyl groups excluding tert-OH is 1. The van der Waals surface area contributed by atoms with Crippen LogP contribution in [0, 0.1) is 6.92 Å². The summed E-state index contributed by atoms with van der Waals surface area (Å²) in [5.41, 5.74) is -1.88. The van der Waals surface area contributed by atoms with Gasteiger partial charge < -0.3 is 23.2 Å². The van der Waals surface area contributed by atoms with Crippen LogP contribution in [0.3, 0.4) is 0 Å². The zero-order valence-electron chi connectivity index (χ0n) is 23.6. The van der Waals surface area contributed by atoms with Crippen molar-refractivity contribution in [2.75, 3.05) is 6.61 Å². The first-order chi connectivity index (χ1) is 17.7. The van der Waals surface area contributed by atoms with Crippen LogP contribution < -0.4 is 11.2 Å². The average molecular weight is 568 g/mol. The van der Waals surface area contributed by atoms with E-state index in [1.54, 1.807) is 11.6 Å². The first-order valence-electron chi connectivity index (χ1n) is 13.3. The molecule has 0 amide bonds. The number of aryl methyl sites for hydroxylation is 1. The van der Waals surface area contributed by atoms with Crippen molar-refractivity contribution in [3.63, 3.8) is 0 Å². The van der Waals surface area contributed by atoms with Gasteiger partial charge in [-0.05, 0) is 29.1 Å². The number of aromatic amines is 1. The molecule has 4 heterocycles. The summed E-state index contributed by atoms with van der Waals surface area (Å²) in [5, 5.41) is 19.1. The van der Waals surface area contributed by atoms with Crippen molar-refractivity contribution in [3.8, 4) is 0 Å². The molecular formula is C24H41N5O7Si2. The molecule has 4 rings (SSSR count). The fourth-order valence-electron chi connectivity index (χ4n) is 5.92. The summed E-state index contributed by atoms with van der Waals surface area (Å²) >= 11 is 0. The van der Waals surface area contributed by atoms with Crippen molar-refractivity contribution in [1.82, 2.24) is 24.5 Å². The third kappa shape index (κ3) is 4.12. The van der Waals surface area contributed by atoms with Gasteiger partial charge >= 0.3 is 22.8 Å². The van der Waals surface area contributed by atoms with Gasteiger partial charge in [-0.3, -0.25) is 14.3 Å². The molecule has 0 aliphatic carbocycles. The summed E-state index contributed by atoms with van der Waals surface area (Å²) in [6, 6.07) is -0.677. The van der Waals surface area contributed by atoms with Crippen LogP contribution in [0.25, 0.3) is 0 Å². The van der Waals surface area contributed by atoms with Crippen molar-refractivity contribution in [1.29, 1.82) is 0 Å². The van der Waals surface area contributed by atoms with Gasteiger partial charge in [0, 0.05) is 11.8 Å². The predicted octanol–water partition coefficient (Wildman–Crippen LogP) is 2.33. The number of aromatic nitrogens is 5. The minimum absolute atomic E-state index is 0.0586. The van der Waals surface area contributed by atoms with E-state index in [1.165, 1.54) is 17.0 Å². The normalized spacial score (nSPS) is 25.4. The molecule has 0 spiro atoms. The second kappa shape index (κ2) is 9.91. The summed E-state index contributed by atoms with van der Waals surface area (Å²) in [4.78, 5) is 39.1. The number of rotatable bonds is 10. The van der Waals surface area contributed by atoms with Gasteiger partial charge in [-0.2, -0.15) is 0 Å². The Kier molecular flexibility index (Phi) is 7.57.